The third-order valence-electron chi connectivity index (χ3n) is 4.80. The van der Waals surface area contributed by atoms with E-state index < -0.39 is 0 Å². The van der Waals surface area contributed by atoms with E-state index >= 15 is 0 Å². The van der Waals surface area contributed by atoms with Crippen LogP contribution < -0.4 is 14.8 Å². The van der Waals surface area contributed by atoms with Crippen LogP contribution in [-0.2, 0) is 27.3 Å². The number of para-hydroxylation sites is 1. The van der Waals surface area contributed by atoms with Crippen molar-refractivity contribution in [2.75, 3.05) is 20.8 Å². The van der Waals surface area contributed by atoms with Crippen molar-refractivity contribution < 1.29 is 23.8 Å². The summed E-state index contributed by atoms with van der Waals surface area (Å²) in [6, 6.07) is 13.4. The van der Waals surface area contributed by atoms with Crippen LogP contribution in [-0.4, -0.2) is 37.7 Å². The predicted octanol–water partition coefficient (Wildman–Crippen LogP) is 3.37. The number of H-pyrrole nitrogens is 1. The molecule has 0 saturated heterocycles. The minimum absolute atomic E-state index is 0.266. The highest BCUT2D eigenvalue weighted by Crippen LogP contribution is 2.27. The molecule has 0 spiro atoms. The summed E-state index contributed by atoms with van der Waals surface area (Å²) in [5.74, 6) is 0.478. The lowest BCUT2D eigenvalue weighted by atomic mass is 10.1. The highest BCUT2D eigenvalue weighted by molar-refractivity contribution is 5.83. The van der Waals surface area contributed by atoms with Crippen LogP contribution in [0.3, 0.4) is 0 Å². The third-order valence-corrected chi connectivity index (χ3v) is 4.80. The lowest BCUT2D eigenvalue weighted by Gasteiger charge is -2.10. The first-order valence-electron chi connectivity index (χ1n) is 9.79. The summed E-state index contributed by atoms with van der Waals surface area (Å²) in [5, 5.41) is 3.89. The molecule has 0 saturated carbocycles. The number of ether oxygens (including phenoxy) is 3. The van der Waals surface area contributed by atoms with E-state index in [1.165, 1.54) is 10.9 Å². The molecule has 30 heavy (non-hydrogen) atoms. The van der Waals surface area contributed by atoms with Crippen molar-refractivity contribution in [3.8, 4) is 11.5 Å². The van der Waals surface area contributed by atoms with Crippen molar-refractivity contribution in [3.63, 3.8) is 0 Å². The summed E-state index contributed by atoms with van der Waals surface area (Å²) in [7, 11) is 3.12. The van der Waals surface area contributed by atoms with E-state index in [0.29, 0.717) is 24.5 Å². The van der Waals surface area contributed by atoms with Crippen LogP contribution in [0.2, 0.25) is 0 Å². The minimum atomic E-state index is -0.379. The second-order valence-electron chi connectivity index (χ2n) is 6.84. The van der Waals surface area contributed by atoms with Gasteiger partial charge in [0.05, 0.1) is 14.2 Å². The van der Waals surface area contributed by atoms with Gasteiger partial charge in [-0.05, 0) is 42.2 Å². The summed E-state index contributed by atoms with van der Waals surface area (Å²) in [4.78, 5) is 27.1. The van der Waals surface area contributed by atoms with Crippen LogP contribution >= 0.6 is 0 Å². The molecule has 1 heterocycles. The Morgan fingerprint density at radius 2 is 1.83 bits per heavy atom. The van der Waals surface area contributed by atoms with Crippen molar-refractivity contribution >= 4 is 22.8 Å². The number of hydrogen-bond donors (Lipinski definition) is 2. The molecule has 1 aromatic heterocycles. The Labute approximate surface area is 175 Å². The fourth-order valence-electron chi connectivity index (χ4n) is 3.22. The molecule has 0 aliphatic heterocycles. The standard InChI is InChI=1S/C23H26N2O5/c1-28-20-11-10-16(12-21(20)29-2)13-25-22(26)15-30-23(27)9-5-6-17-14-24-19-8-4-3-7-18(17)19/h3-4,7-8,10-12,14,24H,5-6,9,13,15H2,1-2H3,(H,25,26). The molecule has 7 heteroatoms. The van der Waals surface area contributed by atoms with Crippen molar-refractivity contribution in [1.82, 2.24) is 10.3 Å². The van der Waals surface area contributed by atoms with E-state index in [9.17, 15) is 9.59 Å². The van der Waals surface area contributed by atoms with Crippen molar-refractivity contribution in [2.45, 2.75) is 25.8 Å². The SMILES string of the molecule is COc1ccc(CNC(=O)COC(=O)CCCc2c[nH]c3ccccc23)cc1OC. The molecule has 0 fully saturated rings. The molecule has 1 amide bonds. The number of aromatic nitrogens is 1. The van der Waals surface area contributed by atoms with Crippen LogP contribution in [0.5, 0.6) is 11.5 Å². The Hall–Kier alpha value is -3.48. The Morgan fingerprint density at radius 1 is 1.03 bits per heavy atom. The first-order valence-corrected chi connectivity index (χ1v) is 9.79. The fraction of sp³-hybridized carbons (Fsp3) is 0.304. The van der Waals surface area contributed by atoms with Crippen LogP contribution in [0.1, 0.15) is 24.0 Å². The summed E-state index contributed by atoms with van der Waals surface area (Å²) < 4.78 is 15.5. The smallest absolute Gasteiger partial charge is 0.306 e. The van der Waals surface area contributed by atoms with Gasteiger partial charge in [0.1, 0.15) is 0 Å². The van der Waals surface area contributed by atoms with E-state index in [-0.39, 0.29) is 24.9 Å². The zero-order valence-corrected chi connectivity index (χ0v) is 17.2. The lowest BCUT2D eigenvalue weighted by molar-refractivity contribution is -0.148. The van der Waals surface area contributed by atoms with Gasteiger partial charge < -0.3 is 24.5 Å². The zero-order valence-electron chi connectivity index (χ0n) is 17.2. The number of carbonyl (C=O) groups is 2. The van der Waals surface area contributed by atoms with E-state index in [4.69, 9.17) is 14.2 Å². The molecule has 0 aliphatic rings. The second-order valence-corrected chi connectivity index (χ2v) is 6.84. The number of hydrogen-bond acceptors (Lipinski definition) is 5. The quantitative estimate of drug-likeness (QED) is 0.500. The molecule has 0 atom stereocenters. The maximum atomic E-state index is 12.0. The predicted molar refractivity (Wildman–Crippen MR) is 114 cm³/mol. The number of aromatic amines is 1. The van der Waals surface area contributed by atoms with Gasteiger partial charge in [0.25, 0.3) is 5.91 Å². The zero-order chi connectivity index (χ0) is 21.3. The van der Waals surface area contributed by atoms with Gasteiger partial charge in [-0.25, -0.2) is 0 Å². The number of aryl methyl sites for hydroxylation is 1. The first kappa shape index (κ1) is 21.2. The van der Waals surface area contributed by atoms with Crippen LogP contribution in [0.4, 0.5) is 0 Å². The molecule has 0 bridgehead atoms. The minimum Gasteiger partial charge on any atom is -0.493 e. The number of rotatable bonds is 10. The normalized spacial score (nSPS) is 10.6. The van der Waals surface area contributed by atoms with Gasteiger partial charge in [-0.2, -0.15) is 0 Å². The van der Waals surface area contributed by atoms with E-state index in [0.717, 1.165) is 17.5 Å². The highest BCUT2D eigenvalue weighted by Gasteiger charge is 2.10. The van der Waals surface area contributed by atoms with Gasteiger partial charge in [0.2, 0.25) is 0 Å². The van der Waals surface area contributed by atoms with Gasteiger partial charge >= 0.3 is 5.97 Å². The average molecular weight is 410 g/mol. The van der Waals surface area contributed by atoms with E-state index in [1.807, 2.05) is 30.5 Å². The number of esters is 1. The van der Waals surface area contributed by atoms with E-state index in [2.05, 4.69) is 16.4 Å². The second kappa shape index (κ2) is 10.3. The molecule has 158 valence electrons. The molecule has 0 unspecified atom stereocenters. The Morgan fingerprint density at radius 3 is 2.63 bits per heavy atom. The van der Waals surface area contributed by atoms with Gasteiger partial charge in [0.15, 0.2) is 18.1 Å². The molecular formula is C23H26N2O5. The molecule has 3 rings (SSSR count). The number of benzene rings is 2. The van der Waals surface area contributed by atoms with Gasteiger partial charge in [-0.3, -0.25) is 9.59 Å². The molecule has 0 radical (unpaired) electrons. The van der Waals surface area contributed by atoms with Gasteiger partial charge in [-0.15, -0.1) is 0 Å². The summed E-state index contributed by atoms with van der Waals surface area (Å²) in [5.41, 5.74) is 3.11. The van der Waals surface area contributed by atoms with Crippen LogP contribution in [0.25, 0.3) is 10.9 Å². The van der Waals surface area contributed by atoms with Gasteiger partial charge in [-0.1, -0.05) is 24.3 Å². The van der Waals surface area contributed by atoms with Crippen LogP contribution in [0, 0.1) is 0 Å². The maximum Gasteiger partial charge on any atom is 0.306 e. The molecular weight excluding hydrogens is 384 g/mol. The van der Waals surface area contributed by atoms with Crippen molar-refractivity contribution in [2.24, 2.45) is 0 Å². The van der Waals surface area contributed by atoms with Crippen LogP contribution in [0.15, 0.2) is 48.7 Å². The monoisotopic (exact) mass is 410 g/mol. The molecule has 2 N–H and O–H groups in total. The number of methoxy groups -OCH3 is 2. The largest absolute Gasteiger partial charge is 0.493 e. The lowest BCUT2D eigenvalue weighted by Crippen LogP contribution is -2.28. The Bertz CT molecular complexity index is 1010. The number of amides is 1. The molecule has 7 nitrogen and oxygen atoms in total. The third kappa shape index (κ3) is 5.53. The fourth-order valence-corrected chi connectivity index (χ4v) is 3.22. The molecule has 0 aliphatic carbocycles. The Kier molecular flexibility index (Phi) is 7.32. The highest BCUT2D eigenvalue weighted by atomic mass is 16.5. The van der Waals surface area contributed by atoms with Crippen molar-refractivity contribution in [1.29, 1.82) is 0 Å². The summed E-state index contributed by atoms with van der Waals surface area (Å²) >= 11 is 0. The molecule has 3 aromatic rings. The van der Waals surface area contributed by atoms with Gasteiger partial charge in [0, 0.05) is 30.1 Å². The number of fused-ring (bicyclic) bond motifs is 1. The number of carbonyl (C=O) groups excluding carboxylic acids is 2. The van der Waals surface area contributed by atoms with E-state index in [1.54, 1.807) is 26.4 Å². The maximum absolute atomic E-state index is 12.0. The summed E-state index contributed by atoms with van der Waals surface area (Å²) in [6.45, 7) is 0.0104. The first-order chi connectivity index (χ1) is 14.6. The Balaban J connectivity index is 1.37. The number of nitrogens with one attached hydrogen (secondary N) is 2. The average Bonchev–Trinajstić information content (AvgIpc) is 3.19. The molecule has 2 aromatic carbocycles. The van der Waals surface area contributed by atoms with Crippen molar-refractivity contribution in [3.05, 3.63) is 59.8 Å². The summed E-state index contributed by atoms with van der Waals surface area (Å²) in [6.07, 6.45) is 3.67. The topological polar surface area (TPSA) is 89.6 Å².